The van der Waals surface area contributed by atoms with Gasteiger partial charge in [0, 0.05) is 26.2 Å². The lowest BCUT2D eigenvalue weighted by molar-refractivity contribution is -0.138. The Labute approximate surface area is 151 Å². The Kier molecular flexibility index (Phi) is 5.61. The zero-order chi connectivity index (χ0) is 18.5. The molecule has 6 heteroatoms. The lowest BCUT2D eigenvalue weighted by atomic mass is 10.1. The SMILES string of the molecule is O=C(Cc1ccc(F)cc1)N1CCN(C(=O)Cc2ccc(F)cc2)CC1. The summed E-state index contributed by atoms with van der Waals surface area (Å²) in [4.78, 5) is 28.1. The van der Waals surface area contributed by atoms with E-state index in [1.54, 1.807) is 34.1 Å². The van der Waals surface area contributed by atoms with Gasteiger partial charge in [0.1, 0.15) is 11.6 Å². The molecule has 1 aliphatic rings. The Morgan fingerprint density at radius 3 is 1.27 bits per heavy atom. The summed E-state index contributed by atoms with van der Waals surface area (Å²) < 4.78 is 25.8. The Morgan fingerprint density at radius 1 is 0.654 bits per heavy atom. The van der Waals surface area contributed by atoms with Gasteiger partial charge >= 0.3 is 0 Å². The van der Waals surface area contributed by atoms with E-state index in [0.29, 0.717) is 26.2 Å². The van der Waals surface area contributed by atoms with Crippen molar-refractivity contribution >= 4 is 11.8 Å². The van der Waals surface area contributed by atoms with Gasteiger partial charge in [-0.2, -0.15) is 0 Å². The third-order valence-corrected chi connectivity index (χ3v) is 4.52. The van der Waals surface area contributed by atoms with Crippen LogP contribution in [0.4, 0.5) is 8.78 Å². The Bertz CT molecular complexity index is 700. The first-order chi connectivity index (χ1) is 12.5. The van der Waals surface area contributed by atoms with Gasteiger partial charge in [0.05, 0.1) is 12.8 Å². The fourth-order valence-electron chi connectivity index (χ4n) is 2.98. The number of carbonyl (C=O) groups is 2. The van der Waals surface area contributed by atoms with Crippen molar-refractivity contribution in [3.8, 4) is 0 Å². The van der Waals surface area contributed by atoms with E-state index in [1.165, 1.54) is 24.3 Å². The molecule has 4 nitrogen and oxygen atoms in total. The number of rotatable bonds is 4. The lowest BCUT2D eigenvalue weighted by Crippen LogP contribution is -2.51. The van der Waals surface area contributed by atoms with Crippen LogP contribution in [0.15, 0.2) is 48.5 Å². The standard InChI is InChI=1S/C20H20F2N2O2/c21-17-5-1-15(2-6-17)13-19(25)23-9-11-24(12-10-23)20(26)14-16-3-7-18(22)8-4-16/h1-8H,9-14H2. The zero-order valence-corrected chi connectivity index (χ0v) is 14.3. The van der Waals surface area contributed by atoms with Crippen molar-refractivity contribution in [1.29, 1.82) is 0 Å². The minimum absolute atomic E-state index is 0.0257. The highest BCUT2D eigenvalue weighted by Gasteiger charge is 2.24. The summed E-state index contributed by atoms with van der Waals surface area (Å²) in [5, 5.41) is 0. The van der Waals surface area contributed by atoms with Crippen LogP contribution in [0.2, 0.25) is 0 Å². The first kappa shape index (κ1) is 18.0. The first-order valence-electron chi connectivity index (χ1n) is 8.56. The predicted molar refractivity (Wildman–Crippen MR) is 93.4 cm³/mol. The van der Waals surface area contributed by atoms with Gasteiger partial charge in [0.15, 0.2) is 0 Å². The van der Waals surface area contributed by atoms with Crippen molar-refractivity contribution in [2.24, 2.45) is 0 Å². The van der Waals surface area contributed by atoms with Crippen LogP contribution in [-0.4, -0.2) is 47.8 Å². The minimum Gasteiger partial charge on any atom is -0.339 e. The minimum atomic E-state index is -0.325. The van der Waals surface area contributed by atoms with Crippen LogP contribution in [0.1, 0.15) is 11.1 Å². The van der Waals surface area contributed by atoms with E-state index >= 15 is 0 Å². The maximum atomic E-state index is 12.9. The van der Waals surface area contributed by atoms with Crippen molar-refractivity contribution in [2.75, 3.05) is 26.2 Å². The molecule has 3 rings (SSSR count). The molecule has 1 saturated heterocycles. The molecule has 2 aromatic carbocycles. The molecule has 26 heavy (non-hydrogen) atoms. The Morgan fingerprint density at radius 2 is 0.962 bits per heavy atom. The Balaban J connectivity index is 1.48. The number of amides is 2. The van der Waals surface area contributed by atoms with Crippen LogP contribution in [0.5, 0.6) is 0 Å². The van der Waals surface area contributed by atoms with Crippen molar-refractivity contribution in [3.05, 3.63) is 71.3 Å². The molecule has 1 fully saturated rings. The van der Waals surface area contributed by atoms with Crippen LogP contribution in [0.3, 0.4) is 0 Å². The summed E-state index contributed by atoms with van der Waals surface area (Å²) in [5.74, 6) is -0.701. The molecular weight excluding hydrogens is 338 g/mol. The average Bonchev–Trinajstić information content (AvgIpc) is 2.65. The van der Waals surface area contributed by atoms with Crippen LogP contribution in [-0.2, 0) is 22.4 Å². The van der Waals surface area contributed by atoms with Crippen LogP contribution in [0.25, 0.3) is 0 Å². The van der Waals surface area contributed by atoms with Crippen molar-refractivity contribution in [3.63, 3.8) is 0 Å². The fraction of sp³-hybridized carbons (Fsp3) is 0.300. The highest BCUT2D eigenvalue weighted by Crippen LogP contribution is 2.11. The number of carbonyl (C=O) groups excluding carboxylic acids is 2. The maximum absolute atomic E-state index is 12.9. The normalized spacial score (nSPS) is 14.4. The topological polar surface area (TPSA) is 40.6 Å². The summed E-state index contributed by atoms with van der Waals surface area (Å²) in [6.07, 6.45) is 0.452. The predicted octanol–water partition coefficient (Wildman–Crippen LogP) is 2.42. The summed E-state index contributed by atoms with van der Waals surface area (Å²) in [7, 11) is 0. The summed E-state index contributed by atoms with van der Waals surface area (Å²) in [6.45, 7) is 1.93. The monoisotopic (exact) mass is 358 g/mol. The van der Waals surface area contributed by atoms with Gasteiger partial charge in [-0.3, -0.25) is 9.59 Å². The second-order valence-corrected chi connectivity index (χ2v) is 6.37. The van der Waals surface area contributed by atoms with Gasteiger partial charge in [-0.25, -0.2) is 8.78 Å². The Hall–Kier alpha value is -2.76. The molecule has 2 aromatic rings. The van der Waals surface area contributed by atoms with Gasteiger partial charge in [-0.1, -0.05) is 24.3 Å². The second-order valence-electron chi connectivity index (χ2n) is 6.37. The molecule has 1 aliphatic heterocycles. The molecule has 2 amide bonds. The lowest BCUT2D eigenvalue weighted by Gasteiger charge is -2.35. The van der Waals surface area contributed by atoms with Gasteiger partial charge in [0.2, 0.25) is 11.8 Å². The van der Waals surface area contributed by atoms with E-state index in [9.17, 15) is 18.4 Å². The van der Waals surface area contributed by atoms with E-state index in [-0.39, 0.29) is 36.3 Å². The maximum Gasteiger partial charge on any atom is 0.227 e. The van der Waals surface area contributed by atoms with Crippen molar-refractivity contribution in [1.82, 2.24) is 9.80 Å². The molecule has 0 atom stereocenters. The fourth-order valence-corrected chi connectivity index (χ4v) is 2.98. The van der Waals surface area contributed by atoms with Crippen LogP contribution in [0, 0.1) is 11.6 Å². The highest BCUT2D eigenvalue weighted by molar-refractivity contribution is 5.81. The quantitative estimate of drug-likeness (QED) is 0.842. The summed E-state index contributed by atoms with van der Waals surface area (Å²) >= 11 is 0. The van der Waals surface area contributed by atoms with E-state index in [2.05, 4.69) is 0 Å². The van der Waals surface area contributed by atoms with Crippen molar-refractivity contribution in [2.45, 2.75) is 12.8 Å². The first-order valence-corrected chi connectivity index (χ1v) is 8.56. The highest BCUT2D eigenvalue weighted by atomic mass is 19.1. The number of nitrogens with zero attached hydrogens (tertiary/aromatic N) is 2. The van der Waals surface area contributed by atoms with Gasteiger partial charge in [-0.05, 0) is 35.4 Å². The molecule has 0 aromatic heterocycles. The number of hydrogen-bond acceptors (Lipinski definition) is 2. The van der Waals surface area contributed by atoms with E-state index in [1.807, 2.05) is 0 Å². The molecule has 0 bridgehead atoms. The number of piperazine rings is 1. The largest absolute Gasteiger partial charge is 0.339 e. The van der Waals surface area contributed by atoms with Gasteiger partial charge < -0.3 is 9.80 Å². The molecule has 1 heterocycles. The molecule has 0 unspecified atom stereocenters. The number of hydrogen-bond donors (Lipinski definition) is 0. The van der Waals surface area contributed by atoms with E-state index in [4.69, 9.17) is 0 Å². The van der Waals surface area contributed by atoms with Gasteiger partial charge in [-0.15, -0.1) is 0 Å². The summed E-state index contributed by atoms with van der Waals surface area (Å²) in [5.41, 5.74) is 1.54. The second kappa shape index (κ2) is 8.08. The van der Waals surface area contributed by atoms with Gasteiger partial charge in [0.25, 0.3) is 0 Å². The number of benzene rings is 2. The van der Waals surface area contributed by atoms with Crippen LogP contribution >= 0.6 is 0 Å². The summed E-state index contributed by atoms with van der Waals surface area (Å²) in [6, 6.07) is 11.8. The molecule has 0 saturated carbocycles. The molecule has 0 aliphatic carbocycles. The molecule has 136 valence electrons. The zero-order valence-electron chi connectivity index (χ0n) is 14.3. The van der Waals surface area contributed by atoms with E-state index < -0.39 is 0 Å². The molecule has 0 N–H and O–H groups in total. The molecule has 0 radical (unpaired) electrons. The van der Waals surface area contributed by atoms with E-state index in [0.717, 1.165) is 11.1 Å². The van der Waals surface area contributed by atoms with Crippen molar-refractivity contribution < 1.29 is 18.4 Å². The smallest absolute Gasteiger partial charge is 0.227 e. The average molecular weight is 358 g/mol. The number of halogens is 2. The molecule has 0 spiro atoms. The third kappa shape index (κ3) is 4.65. The van der Waals surface area contributed by atoms with Crippen LogP contribution < -0.4 is 0 Å². The third-order valence-electron chi connectivity index (χ3n) is 4.52. The molecular formula is C20H20F2N2O2.